The van der Waals surface area contributed by atoms with E-state index >= 15 is 0 Å². The van der Waals surface area contributed by atoms with E-state index in [4.69, 9.17) is 49.0 Å². The molecule has 0 saturated carbocycles. The molecule has 0 unspecified atom stereocenters. The number of alkyl halides is 6. The molecule has 21 nitrogen and oxygen atoms in total. The van der Waals surface area contributed by atoms with Gasteiger partial charge in [-0.2, -0.15) is 0 Å². The highest BCUT2D eigenvalue weighted by atomic mass is 35.5. The van der Waals surface area contributed by atoms with Gasteiger partial charge < -0.3 is 45.5 Å². The predicted molar refractivity (Wildman–Crippen MR) is 365 cm³/mol. The number of benzene rings is 3. The first-order chi connectivity index (χ1) is 48.6. The number of carbonyl (C=O) groups is 3. The topological polar surface area (TPSA) is 261 Å². The van der Waals surface area contributed by atoms with Crippen LogP contribution in [0, 0.1) is 17.5 Å². The minimum absolute atomic E-state index is 0.0583. The van der Waals surface area contributed by atoms with E-state index in [0.29, 0.717) is 66.3 Å². The van der Waals surface area contributed by atoms with Gasteiger partial charge in [0, 0.05) is 123 Å². The summed E-state index contributed by atoms with van der Waals surface area (Å²) in [6.45, 7) is 3.55. The van der Waals surface area contributed by atoms with Crippen LogP contribution in [-0.2, 0) is 28.6 Å². The number of carbonyl (C=O) groups excluding carboxylic acids is 3. The standard InChI is InChI=1S/3C22H22ClF3N4O3S/c3*1-2-33-21(32)17-15(10-30-7-5-16(31)22(25,26)11-30)28-19(20-27-6-8-34-20)29-18(17)13-4-3-12(24)9-14(13)23/h3*3-4,6,8-9,16,18,31H,2,5,7,10-11H2,1H3,(H,28,29)/t16-,18+;2*16-,18-/m010/s1. The fraction of sp³-hybridized carbons (Fsp3) is 0.409. The molecule has 3 saturated heterocycles. The molecule has 0 spiro atoms. The molecule has 6 aliphatic rings. The fourth-order valence-electron chi connectivity index (χ4n) is 11.8. The van der Waals surface area contributed by atoms with Gasteiger partial charge in [0.25, 0.3) is 17.8 Å². The van der Waals surface area contributed by atoms with Crippen molar-refractivity contribution in [2.75, 3.05) is 78.7 Å². The number of halogens is 12. The Morgan fingerprint density at radius 2 is 0.745 bits per heavy atom. The SMILES string of the molecule is CCOC(=O)C1=C(CN2CC[C@@H](O)C(F)(F)C2)NC(c2nccs2)=N[C@@H]1c1ccc(F)cc1Cl.CCOC(=O)C1=C(CN2CC[C@H](O)C(F)(F)C2)NC(c2nccs2)=N[C@@H]1c1ccc(F)cc1Cl.CCOC(=O)C1=C(CN2CC[C@H](O)C(F)(F)C2)NC(c2nccs2)=N[C@H]1c1ccc(F)cc1Cl. The zero-order valence-electron chi connectivity index (χ0n) is 54.3. The highest BCUT2D eigenvalue weighted by Gasteiger charge is 2.48. The highest BCUT2D eigenvalue weighted by molar-refractivity contribution is 7.12. The summed E-state index contributed by atoms with van der Waals surface area (Å²) >= 11 is 22.9. The van der Waals surface area contributed by atoms with Crippen LogP contribution >= 0.6 is 68.8 Å². The number of rotatable bonds is 18. The maximum absolute atomic E-state index is 14.2. The van der Waals surface area contributed by atoms with E-state index in [1.165, 1.54) is 85.1 Å². The van der Waals surface area contributed by atoms with E-state index in [1.54, 1.807) is 55.5 Å². The molecule has 6 N–H and O–H groups in total. The first-order valence-electron chi connectivity index (χ1n) is 31.7. The molecule has 102 heavy (non-hydrogen) atoms. The van der Waals surface area contributed by atoms with E-state index in [1.807, 2.05) is 0 Å². The van der Waals surface area contributed by atoms with E-state index in [-0.39, 0.29) is 110 Å². The number of aliphatic hydroxyl groups is 3. The Balaban J connectivity index is 0.000000165. The molecule has 12 rings (SSSR count). The largest absolute Gasteiger partial charge is 0.463 e. The maximum Gasteiger partial charge on any atom is 0.338 e. The average Bonchev–Trinajstić information content (AvgIpc) is 1.07. The van der Waals surface area contributed by atoms with Gasteiger partial charge in [-0.3, -0.25) is 29.7 Å². The van der Waals surface area contributed by atoms with Crippen molar-refractivity contribution < 1.29 is 83.4 Å². The third-order valence-electron chi connectivity index (χ3n) is 16.6. The van der Waals surface area contributed by atoms with Gasteiger partial charge in [0.1, 0.15) is 53.9 Å². The van der Waals surface area contributed by atoms with Gasteiger partial charge >= 0.3 is 17.9 Å². The van der Waals surface area contributed by atoms with Crippen molar-refractivity contribution in [2.45, 2.75) is 94.2 Å². The molecule has 546 valence electrons. The molecular formula is C66H66Cl3F9N12O9S3. The zero-order chi connectivity index (χ0) is 73.4. The fourth-order valence-corrected chi connectivity index (χ4v) is 14.3. The number of aliphatic imine (C=N–C) groups is 3. The van der Waals surface area contributed by atoms with E-state index in [2.05, 4.69) is 45.9 Å². The zero-order valence-corrected chi connectivity index (χ0v) is 59.0. The van der Waals surface area contributed by atoms with Crippen molar-refractivity contribution in [3.05, 3.63) is 187 Å². The number of hydrogen-bond acceptors (Lipinski definition) is 24. The summed E-state index contributed by atoms with van der Waals surface area (Å²) in [5, 5.41) is 45.1. The second-order valence-electron chi connectivity index (χ2n) is 23.7. The van der Waals surface area contributed by atoms with Crippen LogP contribution in [0.5, 0.6) is 0 Å². The third-order valence-corrected chi connectivity index (χ3v) is 19.9. The summed E-state index contributed by atoms with van der Waals surface area (Å²) in [6, 6.07) is 8.34. The predicted octanol–water partition coefficient (Wildman–Crippen LogP) is 10.6. The van der Waals surface area contributed by atoms with Crippen LogP contribution in [-0.4, -0.2) is 195 Å². The molecule has 3 fully saturated rings. The first kappa shape index (κ1) is 77.2. The van der Waals surface area contributed by atoms with Crippen LogP contribution in [0.25, 0.3) is 0 Å². The van der Waals surface area contributed by atoms with E-state index < -0.39 is 109 Å². The number of amidine groups is 3. The Kier molecular flexibility index (Phi) is 25.4. The molecule has 6 aromatic rings. The van der Waals surface area contributed by atoms with Crippen molar-refractivity contribution in [3.8, 4) is 0 Å². The summed E-state index contributed by atoms with van der Waals surface area (Å²) in [5.41, 5.74) is 2.25. The number of aliphatic hydroxyl groups excluding tert-OH is 3. The lowest BCUT2D eigenvalue weighted by Gasteiger charge is -2.37. The molecule has 0 aliphatic carbocycles. The van der Waals surface area contributed by atoms with Gasteiger partial charge in [-0.25, -0.2) is 68.8 Å². The van der Waals surface area contributed by atoms with Gasteiger partial charge in [-0.05, 0) is 76.4 Å². The summed E-state index contributed by atoms with van der Waals surface area (Å²) in [4.78, 5) is 70.2. The van der Waals surface area contributed by atoms with Crippen LogP contribution in [0.3, 0.4) is 0 Å². The molecule has 6 atom stereocenters. The van der Waals surface area contributed by atoms with Crippen molar-refractivity contribution in [1.29, 1.82) is 0 Å². The molecule has 0 radical (unpaired) electrons. The normalized spacial score (nSPS) is 22.8. The summed E-state index contributed by atoms with van der Waals surface area (Å²) in [5.74, 6) is -12.6. The molecule has 0 bridgehead atoms. The first-order valence-corrected chi connectivity index (χ1v) is 35.5. The number of hydrogen-bond donors (Lipinski definition) is 6. The molecule has 3 aromatic heterocycles. The summed E-state index contributed by atoms with van der Waals surface area (Å²) < 4.78 is 142. The average molecular weight is 1540 g/mol. The van der Waals surface area contributed by atoms with Gasteiger partial charge in [0.2, 0.25) is 0 Å². The number of nitrogens with zero attached hydrogens (tertiary/aromatic N) is 9. The Morgan fingerprint density at radius 3 is 0.961 bits per heavy atom. The second kappa shape index (κ2) is 33.6. The van der Waals surface area contributed by atoms with Crippen molar-refractivity contribution in [1.82, 2.24) is 45.6 Å². The summed E-state index contributed by atoms with van der Waals surface area (Å²) in [7, 11) is 0. The maximum atomic E-state index is 14.2. The molecule has 6 aliphatic heterocycles. The Labute approximate surface area is 605 Å². The van der Waals surface area contributed by atoms with Gasteiger partial charge in [0.15, 0.2) is 32.5 Å². The Hall–Kier alpha value is -7.41. The van der Waals surface area contributed by atoms with Crippen molar-refractivity contribution in [2.24, 2.45) is 15.0 Å². The summed E-state index contributed by atoms with van der Waals surface area (Å²) in [6.07, 6.45) is -0.761. The lowest BCUT2D eigenvalue weighted by Crippen LogP contribution is -2.53. The van der Waals surface area contributed by atoms with Gasteiger partial charge in [-0.15, -0.1) is 34.0 Å². The number of thiazole rings is 3. The molecule has 3 aromatic carbocycles. The Bertz CT molecular complexity index is 3800. The number of nitrogens with one attached hydrogen (secondary N) is 3. The lowest BCUT2D eigenvalue weighted by molar-refractivity contribution is -0.148. The van der Waals surface area contributed by atoms with Crippen LogP contribution in [0.15, 0.2) is 138 Å². The monoisotopic (exact) mass is 1540 g/mol. The number of aromatic nitrogens is 3. The number of piperidine rings is 3. The molecular weight excluding hydrogens is 1480 g/mol. The molecule has 9 heterocycles. The second-order valence-corrected chi connectivity index (χ2v) is 27.6. The van der Waals surface area contributed by atoms with E-state index in [0.717, 1.165) is 18.2 Å². The van der Waals surface area contributed by atoms with Crippen molar-refractivity contribution >= 4 is 104 Å². The van der Waals surface area contributed by atoms with E-state index in [9.17, 15) is 69.2 Å². The smallest absolute Gasteiger partial charge is 0.338 e. The van der Waals surface area contributed by atoms with Crippen LogP contribution in [0.2, 0.25) is 15.1 Å². The van der Waals surface area contributed by atoms with Gasteiger partial charge in [-0.1, -0.05) is 53.0 Å². The minimum Gasteiger partial charge on any atom is -0.463 e. The Morgan fingerprint density at radius 1 is 0.480 bits per heavy atom. The minimum atomic E-state index is -3.29. The lowest BCUT2D eigenvalue weighted by atomic mass is 9.94. The van der Waals surface area contributed by atoms with Crippen molar-refractivity contribution in [3.63, 3.8) is 0 Å². The quantitative estimate of drug-likeness (QED) is 0.0265. The number of likely N-dealkylation sites (tertiary alicyclic amines) is 3. The van der Waals surface area contributed by atoms with Crippen LogP contribution in [0.4, 0.5) is 39.5 Å². The van der Waals surface area contributed by atoms with Gasteiger partial charge in [0.05, 0.1) is 56.2 Å². The molecule has 0 amide bonds. The number of ether oxygens (including phenoxy) is 3. The van der Waals surface area contributed by atoms with Crippen LogP contribution in [0.1, 0.15) is 89.9 Å². The highest BCUT2D eigenvalue weighted by Crippen LogP contribution is 2.42. The number of esters is 3. The molecule has 36 heteroatoms. The van der Waals surface area contributed by atoms with Crippen LogP contribution < -0.4 is 16.0 Å². The third kappa shape index (κ3) is 18.4.